The smallest absolute Gasteiger partial charge is 0.256 e. The minimum atomic E-state index is -0.236. The van der Waals surface area contributed by atoms with Crippen molar-refractivity contribution in [1.82, 2.24) is 9.80 Å². The number of likely N-dealkylation sites (N-methyl/N-ethyl adjacent to an activating group) is 1. The molecule has 1 aliphatic heterocycles. The molecule has 3 aromatic rings. The molecule has 0 bridgehead atoms. The molecular weight excluding hydrogens is 421 g/mol. The largest absolute Gasteiger partial charge is 0.313 e. The van der Waals surface area contributed by atoms with E-state index in [0.29, 0.717) is 5.56 Å². The Labute approximate surface area is 193 Å². The van der Waals surface area contributed by atoms with Crippen LogP contribution in [0.15, 0.2) is 60.7 Å². The number of nitrogens with zero attached hydrogens (tertiary/aromatic N) is 2. The van der Waals surface area contributed by atoms with Crippen molar-refractivity contribution in [3.63, 3.8) is 0 Å². The van der Waals surface area contributed by atoms with Crippen LogP contribution in [0.5, 0.6) is 0 Å². The van der Waals surface area contributed by atoms with Crippen LogP contribution in [0.3, 0.4) is 0 Å². The van der Waals surface area contributed by atoms with Gasteiger partial charge in [-0.25, -0.2) is 4.39 Å². The third kappa shape index (κ3) is 5.09. The van der Waals surface area contributed by atoms with Crippen LogP contribution in [0.1, 0.15) is 46.3 Å². The van der Waals surface area contributed by atoms with Gasteiger partial charge in [0.05, 0.1) is 6.04 Å². The van der Waals surface area contributed by atoms with Crippen LogP contribution in [0.25, 0.3) is 0 Å². The van der Waals surface area contributed by atoms with Crippen molar-refractivity contribution in [1.29, 1.82) is 0 Å². The van der Waals surface area contributed by atoms with Gasteiger partial charge in [0, 0.05) is 42.2 Å². The normalized spacial score (nSPS) is 16.1. The summed E-state index contributed by atoms with van der Waals surface area (Å²) in [6.07, 6.45) is 0.887. The van der Waals surface area contributed by atoms with Gasteiger partial charge in [-0.2, -0.15) is 0 Å². The summed E-state index contributed by atoms with van der Waals surface area (Å²) in [5.74, 6) is -0.356. The fraction of sp³-hybridized carbons (Fsp3) is 0.346. The van der Waals surface area contributed by atoms with Crippen LogP contribution in [0, 0.1) is 5.82 Å². The van der Waals surface area contributed by atoms with E-state index in [4.69, 9.17) is 0 Å². The van der Waals surface area contributed by atoms with Crippen LogP contribution in [0.2, 0.25) is 0 Å². The Hall–Kier alpha value is -2.54. The van der Waals surface area contributed by atoms with Crippen LogP contribution >= 0.6 is 11.3 Å². The van der Waals surface area contributed by atoms with Crippen LogP contribution in [-0.2, 0) is 6.42 Å². The number of piperazine rings is 1. The molecule has 32 heavy (non-hydrogen) atoms. The number of halogens is 1. The molecule has 2 heterocycles. The molecule has 0 radical (unpaired) electrons. The van der Waals surface area contributed by atoms with Crippen molar-refractivity contribution >= 4 is 22.2 Å². The zero-order valence-corrected chi connectivity index (χ0v) is 19.5. The Morgan fingerprint density at radius 3 is 2.44 bits per heavy atom. The molecular formula is C26H30FN3OS. The molecule has 0 saturated carbocycles. The van der Waals surface area contributed by atoms with Gasteiger partial charge in [-0.05, 0) is 48.9 Å². The monoisotopic (exact) mass is 451 g/mol. The second kappa shape index (κ2) is 10.4. The van der Waals surface area contributed by atoms with Gasteiger partial charge in [-0.1, -0.05) is 44.2 Å². The van der Waals surface area contributed by atoms with E-state index < -0.39 is 0 Å². The molecule has 1 unspecified atom stereocenters. The Kier molecular flexibility index (Phi) is 7.35. The highest BCUT2D eigenvalue weighted by atomic mass is 32.1. The highest BCUT2D eigenvalue weighted by molar-refractivity contribution is 7.16. The average Bonchev–Trinajstić information content (AvgIpc) is 3.22. The van der Waals surface area contributed by atoms with Crippen molar-refractivity contribution in [2.24, 2.45) is 0 Å². The molecule has 0 aliphatic carbocycles. The molecule has 1 atom stereocenters. The van der Waals surface area contributed by atoms with Crippen molar-refractivity contribution in [2.45, 2.75) is 26.3 Å². The number of thiophene rings is 1. The summed E-state index contributed by atoms with van der Waals surface area (Å²) in [5.41, 5.74) is 2.60. The van der Waals surface area contributed by atoms with Gasteiger partial charge in [-0.3, -0.25) is 9.69 Å². The predicted octanol–water partition coefficient (Wildman–Crippen LogP) is 5.43. The van der Waals surface area contributed by atoms with E-state index in [1.165, 1.54) is 10.9 Å². The minimum Gasteiger partial charge on any atom is -0.313 e. The van der Waals surface area contributed by atoms with Gasteiger partial charge in [0.25, 0.3) is 5.91 Å². The number of carbonyl (C=O) groups is 1. The Bertz CT molecular complexity index is 1040. The summed E-state index contributed by atoms with van der Waals surface area (Å²) < 4.78 is 14.2. The molecule has 6 heteroatoms. The molecule has 4 rings (SSSR count). The molecule has 1 saturated heterocycles. The van der Waals surface area contributed by atoms with Crippen LogP contribution in [-0.4, -0.2) is 48.4 Å². The Morgan fingerprint density at radius 2 is 1.78 bits per heavy atom. The summed E-state index contributed by atoms with van der Waals surface area (Å²) in [5, 5.41) is 4.00. The third-order valence-corrected chi connectivity index (χ3v) is 7.31. The number of nitrogens with one attached hydrogen (secondary N) is 1. The maximum Gasteiger partial charge on any atom is 0.256 e. The molecule has 1 amide bonds. The van der Waals surface area contributed by atoms with E-state index in [2.05, 4.69) is 35.0 Å². The Morgan fingerprint density at radius 1 is 1.03 bits per heavy atom. The van der Waals surface area contributed by atoms with Crippen molar-refractivity contribution in [3.05, 3.63) is 88.0 Å². The molecule has 4 nitrogen and oxygen atoms in total. The fourth-order valence-corrected chi connectivity index (χ4v) is 5.32. The second-order valence-corrected chi connectivity index (χ2v) is 9.24. The van der Waals surface area contributed by atoms with Gasteiger partial charge < -0.3 is 10.2 Å². The molecule has 1 aromatic heterocycles. The summed E-state index contributed by atoms with van der Waals surface area (Å²) in [6, 6.07) is 18.2. The van der Waals surface area contributed by atoms with Gasteiger partial charge in [-0.15, -0.1) is 11.3 Å². The van der Waals surface area contributed by atoms with Gasteiger partial charge in [0.1, 0.15) is 10.8 Å². The van der Waals surface area contributed by atoms with Crippen molar-refractivity contribution in [3.8, 4) is 0 Å². The lowest BCUT2D eigenvalue weighted by Gasteiger charge is -2.39. The molecule has 0 spiro atoms. The van der Waals surface area contributed by atoms with E-state index in [-0.39, 0.29) is 17.8 Å². The third-order valence-electron chi connectivity index (χ3n) is 6.10. The zero-order chi connectivity index (χ0) is 22.5. The fourth-order valence-electron chi connectivity index (χ4n) is 4.30. The van der Waals surface area contributed by atoms with E-state index in [1.807, 2.05) is 36.4 Å². The Balaban J connectivity index is 1.72. The maximum atomic E-state index is 14.2. The quantitative estimate of drug-likeness (QED) is 0.520. The molecule has 1 N–H and O–H groups in total. The standard InChI is InChI=1S/C26H30FN3OS/c1-3-22-18-23(26(32-22)28-25(31)19-9-6-5-7-10-19)24(20-11-8-12-21(27)17-20)30-15-13-29(4-2)14-16-30/h5-12,17-18,24H,3-4,13-16H2,1-2H3,(H,28,31). The average molecular weight is 452 g/mol. The lowest BCUT2D eigenvalue weighted by atomic mass is 9.97. The number of hydrogen-bond acceptors (Lipinski definition) is 4. The summed E-state index contributed by atoms with van der Waals surface area (Å²) in [4.78, 5) is 19.0. The maximum absolute atomic E-state index is 14.2. The van der Waals surface area contributed by atoms with E-state index in [1.54, 1.807) is 23.5 Å². The van der Waals surface area contributed by atoms with Crippen molar-refractivity contribution < 1.29 is 9.18 Å². The summed E-state index contributed by atoms with van der Waals surface area (Å²) in [6.45, 7) is 9.11. The SMILES string of the molecule is CCc1cc(C(c2cccc(F)c2)N2CCN(CC)CC2)c(NC(=O)c2ccccc2)s1. The van der Waals surface area contributed by atoms with E-state index >= 15 is 0 Å². The summed E-state index contributed by atoms with van der Waals surface area (Å²) in [7, 11) is 0. The predicted molar refractivity (Wildman–Crippen MR) is 130 cm³/mol. The lowest BCUT2D eigenvalue weighted by Crippen LogP contribution is -2.47. The van der Waals surface area contributed by atoms with Gasteiger partial charge in [0.2, 0.25) is 0 Å². The highest BCUT2D eigenvalue weighted by Gasteiger charge is 2.30. The lowest BCUT2D eigenvalue weighted by molar-refractivity contribution is 0.102. The highest BCUT2D eigenvalue weighted by Crippen LogP contribution is 2.40. The second-order valence-electron chi connectivity index (χ2n) is 8.10. The summed E-state index contributed by atoms with van der Waals surface area (Å²) >= 11 is 1.62. The number of aryl methyl sites for hydroxylation is 1. The number of hydrogen-bond donors (Lipinski definition) is 1. The van der Waals surface area contributed by atoms with Gasteiger partial charge >= 0.3 is 0 Å². The van der Waals surface area contributed by atoms with E-state index in [9.17, 15) is 9.18 Å². The molecule has 1 aliphatic rings. The molecule has 1 fully saturated rings. The van der Waals surface area contributed by atoms with Crippen LogP contribution < -0.4 is 5.32 Å². The first-order chi connectivity index (χ1) is 15.6. The number of amides is 1. The first-order valence-corrected chi connectivity index (χ1v) is 12.1. The molecule has 2 aromatic carbocycles. The first kappa shape index (κ1) is 22.6. The van der Waals surface area contributed by atoms with Crippen molar-refractivity contribution in [2.75, 3.05) is 38.0 Å². The topological polar surface area (TPSA) is 35.6 Å². The number of rotatable bonds is 7. The number of carbonyl (C=O) groups excluding carboxylic acids is 1. The van der Waals surface area contributed by atoms with E-state index in [0.717, 1.165) is 55.3 Å². The number of anilines is 1. The van der Waals surface area contributed by atoms with Gasteiger partial charge in [0.15, 0.2) is 0 Å². The molecule has 168 valence electrons. The minimum absolute atomic E-state index is 0.104. The van der Waals surface area contributed by atoms with Crippen LogP contribution in [0.4, 0.5) is 9.39 Å². The number of benzene rings is 2. The first-order valence-electron chi connectivity index (χ1n) is 11.3. The zero-order valence-electron chi connectivity index (χ0n) is 18.7.